The average molecular weight is 365 g/mol. The molecule has 0 unspecified atom stereocenters. The Morgan fingerprint density at radius 2 is 1.21 bits per heavy atom. The van der Waals surface area contributed by atoms with E-state index in [0.717, 1.165) is 35.7 Å². The van der Waals surface area contributed by atoms with E-state index in [1.54, 1.807) is 35.9 Å². The summed E-state index contributed by atoms with van der Waals surface area (Å²) >= 11 is 3.30. The molecule has 130 valence electrons. The molecule has 4 nitrogen and oxygen atoms in total. The van der Waals surface area contributed by atoms with Crippen molar-refractivity contribution in [2.24, 2.45) is 0 Å². The van der Waals surface area contributed by atoms with Gasteiger partial charge in [-0.15, -0.1) is 0 Å². The number of aryl methyl sites for hydroxylation is 2. The van der Waals surface area contributed by atoms with Gasteiger partial charge in [0.25, 0.3) is 0 Å². The van der Waals surface area contributed by atoms with Crippen molar-refractivity contribution < 1.29 is 10.2 Å². The minimum atomic E-state index is -0.680. The van der Waals surface area contributed by atoms with Crippen LogP contribution in [0, 0.1) is 0 Å². The van der Waals surface area contributed by atoms with E-state index in [1.807, 2.05) is 36.4 Å². The van der Waals surface area contributed by atoms with E-state index in [0.29, 0.717) is 11.5 Å². The van der Waals surface area contributed by atoms with Crippen LogP contribution in [0.3, 0.4) is 0 Å². The molecule has 0 fully saturated rings. The summed E-state index contributed by atoms with van der Waals surface area (Å²) in [6.45, 7) is 0. The predicted molar refractivity (Wildman–Crippen MR) is 103 cm³/mol. The second-order valence-electron chi connectivity index (χ2n) is 5.43. The van der Waals surface area contributed by atoms with Crippen molar-refractivity contribution in [1.82, 2.24) is 9.97 Å². The highest BCUT2D eigenvalue weighted by Crippen LogP contribution is 2.13. The van der Waals surface area contributed by atoms with Crippen molar-refractivity contribution >= 4 is 23.5 Å². The highest BCUT2D eigenvalue weighted by Gasteiger charge is 2.16. The molecule has 2 rings (SSSR count). The Hall–Kier alpha value is -1.08. The zero-order valence-corrected chi connectivity index (χ0v) is 15.3. The molecule has 0 radical (unpaired) electrons. The van der Waals surface area contributed by atoms with E-state index < -0.39 is 12.2 Å². The summed E-state index contributed by atoms with van der Waals surface area (Å²) < 4.78 is 0. The molecule has 0 saturated heterocycles. The average Bonchev–Trinajstić information content (AvgIpc) is 2.63. The Labute approximate surface area is 152 Å². The van der Waals surface area contributed by atoms with Crippen molar-refractivity contribution in [2.45, 2.75) is 25.0 Å². The number of aromatic nitrogens is 2. The Morgan fingerprint density at radius 1 is 0.750 bits per heavy atom. The lowest BCUT2D eigenvalue weighted by Gasteiger charge is -2.17. The first-order valence-electron chi connectivity index (χ1n) is 8.07. The van der Waals surface area contributed by atoms with Crippen LogP contribution in [-0.2, 0) is 12.8 Å². The zero-order chi connectivity index (χ0) is 17.0. The van der Waals surface area contributed by atoms with Crippen LogP contribution in [0.15, 0.2) is 48.8 Å². The fourth-order valence-electron chi connectivity index (χ4n) is 2.08. The van der Waals surface area contributed by atoms with E-state index in [9.17, 15) is 10.2 Å². The number of thioether (sulfide) groups is 2. The monoisotopic (exact) mass is 364 g/mol. The molecular formula is C18H24N2O2S2. The third kappa shape index (κ3) is 7.66. The van der Waals surface area contributed by atoms with Gasteiger partial charge in [-0.2, -0.15) is 23.5 Å². The van der Waals surface area contributed by atoms with E-state index >= 15 is 0 Å². The van der Waals surface area contributed by atoms with Gasteiger partial charge in [0.1, 0.15) is 0 Å². The second kappa shape index (κ2) is 11.5. The highest BCUT2D eigenvalue weighted by atomic mass is 32.2. The number of hydrogen-bond acceptors (Lipinski definition) is 6. The molecule has 0 amide bonds. The first-order chi connectivity index (χ1) is 11.8. The molecule has 0 saturated carbocycles. The van der Waals surface area contributed by atoms with E-state index in [1.165, 1.54) is 0 Å². The number of rotatable bonds is 11. The second-order valence-corrected chi connectivity index (χ2v) is 7.73. The predicted octanol–water partition coefficient (Wildman–Crippen LogP) is 2.45. The van der Waals surface area contributed by atoms with Crippen LogP contribution in [0.1, 0.15) is 11.4 Å². The Balaban J connectivity index is 1.52. The summed E-state index contributed by atoms with van der Waals surface area (Å²) in [6, 6.07) is 11.8. The van der Waals surface area contributed by atoms with Crippen molar-refractivity contribution in [3.05, 3.63) is 60.2 Å². The van der Waals surface area contributed by atoms with Crippen LogP contribution in [0.2, 0.25) is 0 Å². The first kappa shape index (κ1) is 19.2. The summed E-state index contributed by atoms with van der Waals surface area (Å²) in [7, 11) is 0. The van der Waals surface area contributed by atoms with Crippen LogP contribution < -0.4 is 0 Å². The normalized spacial score (nSPS) is 13.6. The molecule has 6 heteroatoms. The largest absolute Gasteiger partial charge is 0.390 e. The highest BCUT2D eigenvalue weighted by molar-refractivity contribution is 7.99. The van der Waals surface area contributed by atoms with E-state index in [-0.39, 0.29) is 0 Å². The molecule has 0 spiro atoms. The van der Waals surface area contributed by atoms with Gasteiger partial charge in [0.2, 0.25) is 0 Å². The molecule has 0 aliphatic heterocycles. The Bertz CT molecular complexity index is 506. The summed E-state index contributed by atoms with van der Waals surface area (Å²) in [6.07, 6.45) is 3.99. The maximum Gasteiger partial charge on any atom is 0.0897 e. The molecule has 2 N–H and O–H groups in total. The van der Waals surface area contributed by atoms with Crippen LogP contribution in [0.25, 0.3) is 0 Å². The minimum Gasteiger partial charge on any atom is -0.390 e. The smallest absolute Gasteiger partial charge is 0.0897 e. The SMILES string of the molecule is O[C@H](CSCCc1ccccn1)[C@H](O)CSCCc1ccccn1. The van der Waals surface area contributed by atoms with Crippen LogP contribution in [-0.4, -0.2) is 55.4 Å². The van der Waals surface area contributed by atoms with Crippen LogP contribution >= 0.6 is 23.5 Å². The molecule has 2 atom stereocenters. The summed E-state index contributed by atoms with van der Waals surface area (Å²) in [5, 5.41) is 20.0. The maximum absolute atomic E-state index is 10.0. The van der Waals surface area contributed by atoms with E-state index in [2.05, 4.69) is 9.97 Å². The molecule has 0 bridgehead atoms. The molecule has 0 aliphatic rings. The molecule has 2 aromatic rings. The van der Waals surface area contributed by atoms with Crippen molar-refractivity contribution in [1.29, 1.82) is 0 Å². The van der Waals surface area contributed by atoms with Crippen molar-refractivity contribution in [2.75, 3.05) is 23.0 Å². The Morgan fingerprint density at radius 3 is 1.58 bits per heavy atom. The minimum absolute atomic E-state index is 0.550. The van der Waals surface area contributed by atoms with Crippen molar-refractivity contribution in [3.63, 3.8) is 0 Å². The molecule has 2 heterocycles. The number of aliphatic hydroxyl groups excluding tert-OH is 2. The zero-order valence-electron chi connectivity index (χ0n) is 13.6. The van der Waals surface area contributed by atoms with Crippen molar-refractivity contribution in [3.8, 4) is 0 Å². The van der Waals surface area contributed by atoms with Gasteiger partial charge in [-0.25, -0.2) is 0 Å². The fourth-order valence-corrected chi connectivity index (χ4v) is 4.04. The number of nitrogens with zero attached hydrogens (tertiary/aromatic N) is 2. The first-order valence-corrected chi connectivity index (χ1v) is 10.4. The van der Waals surface area contributed by atoms with Gasteiger partial charge < -0.3 is 10.2 Å². The van der Waals surface area contributed by atoms with Crippen LogP contribution in [0.5, 0.6) is 0 Å². The number of hydrogen-bond donors (Lipinski definition) is 2. The molecular weight excluding hydrogens is 340 g/mol. The molecule has 0 aliphatic carbocycles. The van der Waals surface area contributed by atoms with E-state index in [4.69, 9.17) is 0 Å². The lowest BCUT2D eigenvalue weighted by molar-refractivity contribution is 0.0500. The third-order valence-electron chi connectivity index (χ3n) is 3.48. The number of pyridine rings is 2. The fraction of sp³-hybridized carbons (Fsp3) is 0.444. The van der Waals surface area contributed by atoms with Gasteiger partial charge in [0, 0.05) is 35.3 Å². The molecule has 0 aromatic carbocycles. The van der Waals surface area contributed by atoms with Gasteiger partial charge >= 0.3 is 0 Å². The van der Waals surface area contributed by atoms with Gasteiger partial charge in [-0.05, 0) is 48.6 Å². The van der Waals surface area contributed by atoms with Crippen LogP contribution in [0.4, 0.5) is 0 Å². The summed E-state index contributed by atoms with van der Waals surface area (Å²) in [4.78, 5) is 8.54. The molecule has 24 heavy (non-hydrogen) atoms. The van der Waals surface area contributed by atoms with Gasteiger partial charge in [-0.3, -0.25) is 9.97 Å². The maximum atomic E-state index is 10.0. The lowest BCUT2D eigenvalue weighted by Crippen LogP contribution is -2.30. The van der Waals surface area contributed by atoms with Gasteiger partial charge in [0.05, 0.1) is 12.2 Å². The summed E-state index contributed by atoms with van der Waals surface area (Å²) in [5.41, 5.74) is 2.12. The number of aliphatic hydroxyl groups is 2. The Kier molecular flexibility index (Phi) is 9.20. The molecule has 2 aromatic heterocycles. The topological polar surface area (TPSA) is 66.2 Å². The quantitative estimate of drug-likeness (QED) is 0.597. The third-order valence-corrected chi connectivity index (χ3v) is 5.62. The standard InChI is InChI=1S/C18H24N2O2S2/c21-17(13-23-11-7-15-5-1-3-9-19-15)18(22)14-24-12-8-16-6-2-4-10-20-16/h1-6,9-10,17-18,21-22H,7-8,11-14H2/t17-,18-/m1/s1. The van der Waals surface area contributed by atoms with Gasteiger partial charge in [-0.1, -0.05) is 12.1 Å². The summed E-state index contributed by atoms with van der Waals surface area (Å²) in [5.74, 6) is 2.89. The van der Waals surface area contributed by atoms with Gasteiger partial charge in [0.15, 0.2) is 0 Å². The lowest BCUT2D eigenvalue weighted by atomic mass is 10.3.